The molecule has 178 valence electrons. The topological polar surface area (TPSA) is 56.8 Å². The molecule has 0 spiro atoms. The minimum absolute atomic E-state index is 0.0413. The predicted octanol–water partition coefficient (Wildman–Crippen LogP) is 3.79. The van der Waals surface area contributed by atoms with E-state index in [0.717, 1.165) is 56.1 Å². The number of amides is 2. The van der Waals surface area contributed by atoms with Crippen molar-refractivity contribution >= 4 is 23.2 Å². The maximum atomic E-state index is 13.1. The van der Waals surface area contributed by atoms with E-state index in [4.69, 9.17) is 4.98 Å². The Balaban J connectivity index is 1.25. The van der Waals surface area contributed by atoms with Gasteiger partial charge in [-0.25, -0.2) is 9.37 Å². The molecule has 2 amide bonds. The number of nitrogens with zero attached hydrogens (tertiary/aromatic N) is 4. The molecule has 2 aliphatic heterocycles. The van der Waals surface area contributed by atoms with E-state index in [2.05, 4.69) is 11.8 Å². The number of carbonyl (C=O) groups is 2. The van der Waals surface area contributed by atoms with Crippen LogP contribution >= 0.6 is 11.3 Å². The van der Waals surface area contributed by atoms with Crippen molar-refractivity contribution < 1.29 is 14.0 Å². The largest absolute Gasteiger partial charge is 0.342 e. The van der Waals surface area contributed by atoms with Crippen LogP contribution in [0.25, 0.3) is 0 Å². The average Bonchev–Trinajstić information content (AvgIpc) is 3.34. The van der Waals surface area contributed by atoms with E-state index >= 15 is 0 Å². The summed E-state index contributed by atoms with van der Waals surface area (Å²) in [5.74, 6) is 0.118. The fourth-order valence-electron chi connectivity index (χ4n) is 4.56. The third-order valence-electron chi connectivity index (χ3n) is 6.69. The Morgan fingerprint density at radius 1 is 1.03 bits per heavy atom. The molecule has 6 nitrogen and oxygen atoms in total. The van der Waals surface area contributed by atoms with E-state index < -0.39 is 0 Å². The molecule has 8 heteroatoms. The van der Waals surface area contributed by atoms with Gasteiger partial charge in [0.15, 0.2) is 0 Å². The number of piperazine rings is 1. The van der Waals surface area contributed by atoms with E-state index in [1.165, 1.54) is 25.0 Å². The van der Waals surface area contributed by atoms with Crippen molar-refractivity contribution in [2.24, 2.45) is 0 Å². The second kappa shape index (κ2) is 11.2. The summed E-state index contributed by atoms with van der Waals surface area (Å²) in [7, 11) is 0. The average molecular weight is 473 g/mol. The Morgan fingerprint density at radius 2 is 1.73 bits per heavy atom. The summed E-state index contributed by atoms with van der Waals surface area (Å²) in [4.78, 5) is 36.5. The molecule has 0 bridgehead atoms. The summed E-state index contributed by atoms with van der Waals surface area (Å²) in [5, 5.41) is 2.90. The molecule has 2 saturated heterocycles. The molecular formula is C25H33FN4O2S. The lowest BCUT2D eigenvalue weighted by Crippen LogP contribution is -2.48. The Hall–Kier alpha value is -2.32. The van der Waals surface area contributed by atoms with Gasteiger partial charge in [-0.15, -0.1) is 11.3 Å². The second-order valence-corrected chi connectivity index (χ2v) is 9.91. The van der Waals surface area contributed by atoms with Crippen LogP contribution < -0.4 is 0 Å². The lowest BCUT2D eigenvalue weighted by atomic mass is 9.97. The molecule has 4 rings (SSSR count). The summed E-state index contributed by atoms with van der Waals surface area (Å²) in [6.07, 6.45) is 4.41. The van der Waals surface area contributed by atoms with Gasteiger partial charge in [-0.1, -0.05) is 25.5 Å². The second-order valence-electron chi connectivity index (χ2n) is 9.02. The minimum Gasteiger partial charge on any atom is -0.342 e. The van der Waals surface area contributed by atoms with Crippen molar-refractivity contribution in [1.82, 2.24) is 19.7 Å². The van der Waals surface area contributed by atoms with Gasteiger partial charge in [0.25, 0.3) is 5.91 Å². The number of aromatic nitrogens is 1. The molecular weight excluding hydrogens is 439 g/mol. The molecule has 0 aliphatic carbocycles. The van der Waals surface area contributed by atoms with Crippen molar-refractivity contribution in [1.29, 1.82) is 0 Å². The molecule has 2 aliphatic rings. The van der Waals surface area contributed by atoms with E-state index in [1.54, 1.807) is 23.5 Å². The summed E-state index contributed by atoms with van der Waals surface area (Å²) in [6, 6.07) is 6.11. The first-order valence-electron chi connectivity index (χ1n) is 12.0. The Labute approximate surface area is 199 Å². The number of piperidine rings is 1. The van der Waals surface area contributed by atoms with Gasteiger partial charge in [0.1, 0.15) is 11.5 Å². The van der Waals surface area contributed by atoms with Gasteiger partial charge in [0.2, 0.25) is 5.91 Å². The highest BCUT2D eigenvalue weighted by Gasteiger charge is 2.28. The number of hydrogen-bond donors (Lipinski definition) is 0. The Bertz CT molecular complexity index is 932. The van der Waals surface area contributed by atoms with Crippen LogP contribution in [0.4, 0.5) is 4.39 Å². The van der Waals surface area contributed by atoms with E-state index in [9.17, 15) is 14.0 Å². The van der Waals surface area contributed by atoms with E-state index in [1.807, 2.05) is 15.2 Å². The molecule has 0 atom stereocenters. The number of likely N-dealkylation sites (tertiary alicyclic amines) is 1. The first-order valence-corrected chi connectivity index (χ1v) is 12.9. The van der Waals surface area contributed by atoms with Crippen LogP contribution in [-0.2, 0) is 11.2 Å². The highest BCUT2D eigenvalue weighted by molar-refractivity contribution is 7.09. The number of unbranched alkanes of at least 4 members (excludes halogenated alkanes) is 1. The van der Waals surface area contributed by atoms with Crippen molar-refractivity contribution in [3.63, 3.8) is 0 Å². The van der Waals surface area contributed by atoms with Gasteiger partial charge in [0.05, 0.1) is 11.4 Å². The summed E-state index contributed by atoms with van der Waals surface area (Å²) in [6.45, 7) is 8.11. The Morgan fingerprint density at radius 3 is 2.39 bits per heavy atom. The monoisotopic (exact) mass is 472 g/mol. The molecule has 2 aromatic rings. The van der Waals surface area contributed by atoms with Crippen molar-refractivity contribution in [3.05, 3.63) is 51.7 Å². The van der Waals surface area contributed by atoms with Gasteiger partial charge in [-0.05, 0) is 43.5 Å². The zero-order valence-electron chi connectivity index (χ0n) is 19.3. The number of carbonyl (C=O) groups excluding carboxylic acids is 2. The van der Waals surface area contributed by atoms with Crippen LogP contribution in [-0.4, -0.2) is 77.3 Å². The van der Waals surface area contributed by atoms with Crippen molar-refractivity contribution in [2.75, 3.05) is 45.8 Å². The summed E-state index contributed by atoms with van der Waals surface area (Å²) < 4.78 is 13.1. The standard InChI is InChI=1S/C25H33FN4O2S/c1-2-3-10-28-13-15-30(16-14-28)25(32)22-18-33-24(27-22)20-8-11-29(12-9-20)23(31)17-19-4-6-21(26)7-5-19/h4-7,18,20H,2-3,8-17H2,1H3. The predicted molar refractivity (Wildman–Crippen MR) is 128 cm³/mol. The molecule has 1 aromatic carbocycles. The van der Waals surface area contributed by atoms with Crippen LogP contribution in [0.2, 0.25) is 0 Å². The number of hydrogen-bond acceptors (Lipinski definition) is 5. The van der Waals surface area contributed by atoms with Crippen LogP contribution in [0.5, 0.6) is 0 Å². The lowest BCUT2D eigenvalue weighted by molar-refractivity contribution is -0.131. The van der Waals surface area contributed by atoms with Crippen LogP contribution in [0, 0.1) is 5.82 Å². The van der Waals surface area contributed by atoms with Crippen molar-refractivity contribution in [3.8, 4) is 0 Å². The zero-order chi connectivity index (χ0) is 23.2. The first kappa shape index (κ1) is 23.8. The highest BCUT2D eigenvalue weighted by atomic mass is 32.1. The molecule has 2 fully saturated rings. The van der Waals surface area contributed by atoms with Gasteiger partial charge >= 0.3 is 0 Å². The fraction of sp³-hybridized carbons (Fsp3) is 0.560. The number of thiazole rings is 1. The first-order chi connectivity index (χ1) is 16.0. The SMILES string of the molecule is CCCCN1CCN(C(=O)c2csc(C3CCN(C(=O)Cc4ccc(F)cc4)CC3)n2)CC1. The van der Waals surface area contributed by atoms with Gasteiger partial charge < -0.3 is 9.80 Å². The Kier molecular flexibility index (Phi) is 8.09. The minimum atomic E-state index is -0.289. The van der Waals surface area contributed by atoms with Gasteiger partial charge in [-0.2, -0.15) is 0 Å². The molecule has 3 heterocycles. The maximum absolute atomic E-state index is 13.1. The van der Waals surface area contributed by atoms with Crippen molar-refractivity contribution in [2.45, 2.75) is 44.9 Å². The highest BCUT2D eigenvalue weighted by Crippen LogP contribution is 2.31. The number of halogens is 1. The quantitative estimate of drug-likeness (QED) is 0.615. The van der Waals surface area contributed by atoms with E-state index in [0.29, 0.717) is 25.2 Å². The zero-order valence-corrected chi connectivity index (χ0v) is 20.2. The maximum Gasteiger partial charge on any atom is 0.273 e. The third kappa shape index (κ3) is 6.18. The molecule has 1 aromatic heterocycles. The molecule has 0 unspecified atom stereocenters. The number of rotatable bonds is 7. The molecule has 0 N–H and O–H groups in total. The van der Waals surface area contributed by atoms with E-state index in [-0.39, 0.29) is 23.5 Å². The summed E-state index contributed by atoms with van der Waals surface area (Å²) >= 11 is 1.57. The normalized spacial score (nSPS) is 18.0. The molecule has 33 heavy (non-hydrogen) atoms. The smallest absolute Gasteiger partial charge is 0.273 e. The summed E-state index contributed by atoms with van der Waals surface area (Å²) in [5.41, 5.74) is 1.39. The fourth-order valence-corrected chi connectivity index (χ4v) is 5.52. The lowest BCUT2D eigenvalue weighted by Gasteiger charge is -2.34. The van der Waals surface area contributed by atoms with Gasteiger partial charge in [0, 0.05) is 50.6 Å². The van der Waals surface area contributed by atoms with Crippen LogP contribution in [0.3, 0.4) is 0 Å². The molecule has 0 saturated carbocycles. The van der Waals surface area contributed by atoms with Crippen LogP contribution in [0.1, 0.15) is 59.6 Å². The van der Waals surface area contributed by atoms with Gasteiger partial charge in [-0.3, -0.25) is 14.5 Å². The number of benzene rings is 1. The molecule has 0 radical (unpaired) electrons. The third-order valence-corrected chi connectivity index (χ3v) is 7.70. The van der Waals surface area contributed by atoms with Crippen LogP contribution in [0.15, 0.2) is 29.6 Å².